The first-order valence-electron chi connectivity index (χ1n) is 5.82. The number of hydrogen-bond acceptors (Lipinski definition) is 3. The van der Waals surface area contributed by atoms with Gasteiger partial charge in [0.1, 0.15) is 5.71 Å². The number of halogens is 2. The zero-order chi connectivity index (χ0) is 14.1. The molecule has 0 aromatic heterocycles. The highest BCUT2D eigenvalue weighted by Crippen LogP contribution is 2.08. The fraction of sp³-hybridized carbons (Fsp3) is 0.333. The van der Waals surface area contributed by atoms with Crippen LogP contribution in [-0.2, 0) is 0 Å². The highest BCUT2D eigenvalue weighted by atomic mass is 19.3. The summed E-state index contributed by atoms with van der Waals surface area (Å²) < 4.78 is 25.7. The van der Waals surface area contributed by atoms with Crippen LogP contribution in [-0.4, -0.2) is 31.2 Å². The van der Waals surface area contributed by atoms with Gasteiger partial charge >= 0.3 is 0 Å². The average Bonchev–Trinajstić information content (AvgIpc) is 2.40. The predicted octanol–water partition coefficient (Wildman–Crippen LogP) is 0.909. The first-order chi connectivity index (χ1) is 9.15. The van der Waals surface area contributed by atoms with Crippen molar-refractivity contribution in [3.05, 3.63) is 35.9 Å². The van der Waals surface area contributed by atoms with E-state index in [-0.39, 0.29) is 11.7 Å². The molecule has 0 radical (unpaired) electrons. The number of hydrogen-bond donors (Lipinski definition) is 3. The quantitative estimate of drug-likeness (QED) is 0.310. The average molecular weight is 269 g/mol. The summed E-state index contributed by atoms with van der Waals surface area (Å²) in [6, 6.07) is 8.16. The molecule has 0 bridgehead atoms. The molecule has 0 amide bonds. The Morgan fingerprint density at radius 1 is 1.26 bits per heavy atom. The Labute approximate surface area is 110 Å². The molecule has 7 heteroatoms. The van der Waals surface area contributed by atoms with Crippen LogP contribution in [0.5, 0.6) is 0 Å². The van der Waals surface area contributed by atoms with E-state index in [9.17, 15) is 8.78 Å². The molecule has 104 valence electrons. The van der Waals surface area contributed by atoms with Gasteiger partial charge in [-0.2, -0.15) is 5.10 Å². The van der Waals surface area contributed by atoms with Gasteiger partial charge in [-0.3, -0.25) is 4.99 Å². The summed E-state index contributed by atoms with van der Waals surface area (Å²) in [6.45, 7) is 0.923. The van der Waals surface area contributed by atoms with E-state index in [4.69, 9.17) is 11.5 Å². The fourth-order valence-corrected chi connectivity index (χ4v) is 1.29. The van der Waals surface area contributed by atoms with Crippen molar-refractivity contribution in [3.63, 3.8) is 0 Å². The van der Waals surface area contributed by atoms with Gasteiger partial charge in [0.15, 0.2) is 0 Å². The molecule has 1 rings (SSSR count). The van der Waals surface area contributed by atoms with E-state index >= 15 is 0 Å². The lowest BCUT2D eigenvalue weighted by Crippen LogP contribution is -2.30. The Morgan fingerprint density at radius 2 is 1.95 bits per heavy atom. The molecule has 0 heterocycles. The maximum atomic E-state index is 12.9. The van der Waals surface area contributed by atoms with Gasteiger partial charge in [-0.15, -0.1) is 0 Å². The molecule has 0 atom stereocenters. The summed E-state index contributed by atoms with van der Waals surface area (Å²) in [7, 11) is 0. The summed E-state index contributed by atoms with van der Waals surface area (Å²) in [5.74, 6) is -0.0115. The number of hydrazone groups is 1. The van der Waals surface area contributed by atoms with Crippen LogP contribution in [0.4, 0.5) is 8.78 Å². The van der Waals surface area contributed by atoms with Crippen LogP contribution < -0.4 is 16.9 Å². The van der Waals surface area contributed by atoms with E-state index in [1.165, 1.54) is 0 Å². The summed E-state index contributed by atoms with van der Waals surface area (Å²) in [5, 5.41) is 3.60. The standard InChI is InChI=1S/C12H17F2N5/c13-11(14)10(9-5-2-1-3-6-9)18-19-12(16)17-8-4-7-15/h1-3,5-6,11H,4,7-8,15H2,(H3,16,17,19)/b18-10+. The molecule has 0 fully saturated rings. The molecule has 5 nitrogen and oxygen atoms in total. The van der Waals surface area contributed by atoms with Crippen molar-refractivity contribution in [2.45, 2.75) is 12.8 Å². The number of nitrogens with two attached hydrogens (primary N) is 2. The molecule has 0 aliphatic rings. The lowest BCUT2D eigenvalue weighted by atomic mass is 10.1. The van der Waals surface area contributed by atoms with Crippen molar-refractivity contribution in [1.82, 2.24) is 5.43 Å². The van der Waals surface area contributed by atoms with Crippen LogP contribution in [0.2, 0.25) is 0 Å². The number of alkyl halides is 2. The molecule has 0 spiro atoms. The number of benzene rings is 1. The first-order valence-corrected chi connectivity index (χ1v) is 5.82. The highest BCUT2D eigenvalue weighted by Gasteiger charge is 2.15. The fourth-order valence-electron chi connectivity index (χ4n) is 1.29. The van der Waals surface area contributed by atoms with E-state index < -0.39 is 6.43 Å². The van der Waals surface area contributed by atoms with Crippen LogP contribution in [0.15, 0.2) is 40.4 Å². The summed E-state index contributed by atoms with van der Waals surface area (Å²) in [4.78, 5) is 3.89. The lowest BCUT2D eigenvalue weighted by Gasteiger charge is -2.06. The van der Waals surface area contributed by atoms with Crippen molar-refractivity contribution in [2.75, 3.05) is 13.1 Å². The van der Waals surface area contributed by atoms with E-state index in [0.29, 0.717) is 25.1 Å². The van der Waals surface area contributed by atoms with Crippen LogP contribution in [0.25, 0.3) is 0 Å². The monoisotopic (exact) mass is 269 g/mol. The lowest BCUT2D eigenvalue weighted by molar-refractivity contribution is 0.225. The minimum absolute atomic E-state index is 0.0115. The maximum Gasteiger partial charge on any atom is 0.282 e. The molecule has 5 N–H and O–H groups in total. The Morgan fingerprint density at radius 3 is 2.53 bits per heavy atom. The zero-order valence-corrected chi connectivity index (χ0v) is 10.4. The smallest absolute Gasteiger partial charge is 0.282 e. The Hall–Kier alpha value is -2.02. The largest absolute Gasteiger partial charge is 0.369 e. The summed E-state index contributed by atoms with van der Waals surface area (Å²) >= 11 is 0. The maximum absolute atomic E-state index is 12.9. The van der Waals surface area contributed by atoms with Gasteiger partial charge in [0.25, 0.3) is 6.43 Å². The molecule has 1 aromatic rings. The molecule has 0 saturated carbocycles. The predicted molar refractivity (Wildman–Crippen MR) is 72.3 cm³/mol. The molecule has 0 aliphatic heterocycles. The minimum Gasteiger partial charge on any atom is -0.369 e. The van der Waals surface area contributed by atoms with Gasteiger partial charge in [-0.05, 0) is 13.0 Å². The van der Waals surface area contributed by atoms with E-state index in [1.54, 1.807) is 30.3 Å². The highest BCUT2D eigenvalue weighted by molar-refractivity contribution is 6.03. The van der Waals surface area contributed by atoms with Gasteiger partial charge < -0.3 is 11.5 Å². The number of nitrogens with one attached hydrogen (secondary N) is 1. The SMILES string of the molecule is NCCCN=C(N)N/N=C(\c1ccccc1)C(F)F. The molecule has 0 unspecified atom stereocenters. The molecule has 0 aliphatic carbocycles. The second-order valence-corrected chi connectivity index (χ2v) is 3.68. The normalized spacial score (nSPS) is 12.8. The van der Waals surface area contributed by atoms with Gasteiger partial charge in [-0.25, -0.2) is 14.2 Å². The van der Waals surface area contributed by atoms with E-state index in [1.807, 2.05) is 0 Å². The number of nitrogens with zero attached hydrogens (tertiary/aromatic N) is 2. The van der Waals surface area contributed by atoms with Gasteiger partial charge in [0.05, 0.1) is 0 Å². The number of aliphatic imine (C=N–C) groups is 1. The molecular weight excluding hydrogens is 252 g/mol. The zero-order valence-electron chi connectivity index (χ0n) is 10.4. The van der Waals surface area contributed by atoms with Gasteiger partial charge in [0, 0.05) is 12.1 Å². The molecule has 1 aromatic carbocycles. The van der Waals surface area contributed by atoms with E-state index in [2.05, 4.69) is 15.5 Å². The number of guanidine groups is 1. The van der Waals surface area contributed by atoms with Crippen molar-refractivity contribution in [1.29, 1.82) is 0 Å². The minimum atomic E-state index is -2.70. The Bertz CT molecular complexity index is 431. The van der Waals surface area contributed by atoms with Crippen LogP contribution in [0.3, 0.4) is 0 Å². The third-order valence-electron chi connectivity index (χ3n) is 2.21. The third kappa shape index (κ3) is 5.43. The number of rotatable bonds is 6. The van der Waals surface area contributed by atoms with E-state index in [0.717, 1.165) is 0 Å². The van der Waals surface area contributed by atoms with Crippen molar-refractivity contribution < 1.29 is 8.78 Å². The van der Waals surface area contributed by atoms with Crippen LogP contribution in [0.1, 0.15) is 12.0 Å². The third-order valence-corrected chi connectivity index (χ3v) is 2.21. The summed E-state index contributed by atoms with van der Waals surface area (Å²) in [5.41, 5.74) is 13.1. The van der Waals surface area contributed by atoms with Crippen molar-refractivity contribution in [2.24, 2.45) is 21.6 Å². The molecule has 19 heavy (non-hydrogen) atoms. The Balaban J connectivity index is 2.72. The van der Waals surface area contributed by atoms with Gasteiger partial charge in [0.2, 0.25) is 5.96 Å². The van der Waals surface area contributed by atoms with Crippen LogP contribution >= 0.6 is 0 Å². The Kier molecular flexibility index (Phi) is 6.45. The second-order valence-electron chi connectivity index (χ2n) is 3.68. The summed E-state index contributed by atoms with van der Waals surface area (Å²) in [6.07, 6.45) is -2.03. The van der Waals surface area contributed by atoms with Gasteiger partial charge in [-0.1, -0.05) is 30.3 Å². The van der Waals surface area contributed by atoms with Crippen molar-refractivity contribution >= 4 is 11.7 Å². The van der Waals surface area contributed by atoms with Crippen LogP contribution in [0, 0.1) is 0 Å². The first kappa shape index (κ1) is 15.0. The topological polar surface area (TPSA) is 88.8 Å². The molecule has 0 saturated heterocycles. The molecular formula is C12H17F2N5. The van der Waals surface area contributed by atoms with Crippen molar-refractivity contribution in [3.8, 4) is 0 Å². The second kappa shape index (κ2) is 8.15.